The van der Waals surface area contributed by atoms with E-state index < -0.39 is 0 Å². The van der Waals surface area contributed by atoms with Gasteiger partial charge >= 0.3 is 0 Å². The number of nitrogens with zero attached hydrogens (tertiary/aromatic N) is 2. The Hall–Kier alpha value is -1.43. The minimum absolute atomic E-state index is 0.0623. The Morgan fingerprint density at radius 2 is 2.27 bits per heavy atom. The highest BCUT2D eigenvalue weighted by Gasteiger charge is 2.25. The van der Waals surface area contributed by atoms with E-state index in [1.165, 1.54) is 11.3 Å². The molecule has 1 fully saturated rings. The molecule has 1 saturated heterocycles. The molecule has 0 bridgehead atoms. The van der Waals surface area contributed by atoms with E-state index in [9.17, 15) is 9.90 Å². The third-order valence-corrected chi connectivity index (χ3v) is 5.10. The first kappa shape index (κ1) is 15.5. The van der Waals surface area contributed by atoms with Gasteiger partial charge in [-0.15, -0.1) is 11.3 Å². The van der Waals surface area contributed by atoms with Crippen molar-refractivity contribution in [2.75, 3.05) is 19.7 Å². The maximum atomic E-state index is 12.5. The van der Waals surface area contributed by atoms with Crippen molar-refractivity contribution < 1.29 is 9.90 Å². The van der Waals surface area contributed by atoms with Crippen LogP contribution in [0, 0.1) is 5.92 Å². The van der Waals surface area contributed by atoms with E-state index in [-0.39, 0.29) is 18.4 Å². The first-order chi connectivity index (χ1) is 10.7. The van der Waals surface area contributed by atoms with E-state index in [1.807, 2.05) is 24.3 Å². The number of halogens is 1. The number of likely N-dealkylation sites (tertiary alicyclic amines) is 1. The average molecular weight is 337 g/mol. The zero-order valence-corrected chi connectivity index (χ0v) is 13.6. The number of hydrogen-bond donors (Lipinski definition) is 1. The van der Waals surface area contributed by atoms with Crippen LogP contribution in [0.2, 0.25) is 5.02 Å². The number of benzene rings is 1. The number of amides is 1. The highest BCUT2D eigenvalue weighted by atomic mass is 35.5. The Kier molecular flexibility index (Phi) is 4.76. The van der Waals surface area contributed by atoms with Crippen LogP contribution in [-0.4, -0.2) is 40.6 Å². The fraction of sp³-hybridized carbons (Fsp3) is 0.375. The van der Waals surface area contributed by atoms with E-state index in [0.717, 1.165) is 30.0 Å². The lowest BCUT2D eigenvalue weighted by atomic mass is 9.99. The number of aromatic nitrogens is 1. The smallest absolute Gasteiger partial charge is 0.273 e. The molecule has 6 heteroatoms. The van der Waals surface area contributed by atoms with Gasteiger partial charge < -0.3 is 10.0 Å². The highest BCUT2D eigenvalue weighted by molar-refractivity contribution is 7.13. The minimum Gasteiger partial charge on any atom is -0.396 e. The molecule has 2 aromatic rings. The van der Waals surface area contributed by atoms with Crippen molar-refractivity contribution in [3.05, 3.63) is 40.4 Å². The molecule has 1 atom stereocenters. The first-order valence-corrected chi connectivity index (χ1v) is 8.55. The van der Waals surface area contributed by atoms with Crippen molar-refractivity contribution in [2.24, 2.45) is 5.92 Å². The lowest BCUT2D eigenvalue weighted by Gasteiger charge is -2.31. The van der Waals surface area contributed by atoms with Gasteiger partial charge in [0.15, 0.2) is 0 Å². The van der Waals surface area contributed by atoms with Gasteiger partial charge in [0.25, 0.3) is 5.91 Å². The van der Waals surface area contributed by atoms with Crippen molar-refractivity contribution >= 4 is 28.8 Å². The number of hydrogen-bond acceptors (Lipinski definition) is 4. The predicted octanol–water partition coefficient (Wildman–Crippen LogP) is 3.31. The Labute approximate surface area is 138 Å². The van der Waals surface area contributed by atoms with Crippen LogP contribution in [0.25, 0.3) is 10.6 Å². The monoisotopic (exact) mass is 336 g/mol. The summed E-state index contributed by atoms with van der Waals surface area (Å²) in [6, 6.07) is 7.49. The number of thiazole rings is 1. The summed E-state index contributed by atoms with van der Waals surface area (Å²) in [7, 11) is 0. The second-order valence-corrected chi connectivity index (χ2v) is 6.73. The second kappa shape index (κ2) is 6.77. The largest absolute Gasteiger partial charge is 0.396 e. The molecule has 22 heavy (non-hydrogen) atoms. The van der Waals surface area contributed by atoms with Gasteiger partial charge in [-0.1, -0.05) is 29.8 Å². The minimum atomic E-state index is -0.0623. The van der Waals surface area contributed by atoms with E-state index in [1.54, 1.807) is 10.3 Å². The molecule has 1 aliphatic heterocycles. The van der Waals surface area contributed by atoms with Crippen LogP contribution in [0.4, 0.5) is 0 Å². The summed E-state index contributed by atoms with van der Waals surface area (Å²) in [5, 5.41) is 12.4. The molecule has 4 nitrogen and oxygen atoms in total. The summed E-state index contributed by atoms with van der Waals surface area (Å²) in [5.74, 6) is 0.118. The second-order valence-electron chi connectivity index (χ2n) is 5.46. The summed E-state index contributed by atoms with van der Waals surface area (Å²) in [6.45, 7) is 1.47. The third-order valence-electron chi connectivity index (χ3n) is 3.89. The Bertz CT molecular complexity index is 674. The number of aliphatic hydroxyl groups is 1. The van der Waals surface area contributed by atoms with Crippen molar-refractivity contribution in [3.8, 4) is 10.6 Å². The molecule has 1 aromatic carbocycles. The van der Waals surface area contributed by atoms with Crippen molar-refractivity contribution in [2.45, 2.75) is 12.8 Å². The van der Waals surface area contributed by atoms with Crippen LogP contribution in [-0.2, 0) is 0 Å². The van der Waals surface area contributed by atoms with Gasteiger partial charge in [0.1, 0.15) is 10.7 Å². The first-order valence-electron chi connectivity index (χ1n) is 7.29. The number of piperidine rings is 1. The predicted molar refractivity (Wildman–Crippen MR) is 88.3 cm³/mol. The van der Waals surface area contributed by atoms with Gasteiger partial charge in [0.05, 0.1) is 5.02 Å². The summed E-state index contributed by atoms with van der Waals surface area (Å²) in [5.41, 5.74) is 1.30. The standard InChI is InChI=1S/C16H17ClN2O2S/c17-13-6-2-1-5-12(13)15-18-14(10-22-15)16(21)19-7-3-4-11(8-19)9-20/h1-2,5-6,10-11,20H,3-4,7-9H2. The molecule has 0 spiro atoms. The lowest BCUT2D eigenvalue weighted by molar-refractivity contribution is 0.0616. The molecule has 0 radical (unpaired) electrons. The van der Waals surface area contributed by atoms with E-state index in [0.29, 0.717) is 17.3 Å². The number of rotatable bonds is 3. The molecule has 1 unspecified atom stereocenters. The van der Waals surface area contributed by atoms with Crippen LogP contribution in [0.5, 0.6) is 0 Å². The van der Waals surface area contributed by atoms with Crippen molar-refractivity contribution in [1.82, 2.24) is 9.88 Å². The van der Waals surface area contributed by atoms with Gasteiger partial charge in [-0.3, -0.25) is 4.79 Å². The topological polar surface area (TPSA) is 53.4 Å². The molecule has 3 rings (SSSR count). The zero-order valence-electron chi connectivity index (χ0n) is 12.0. The summed E-state index contributed by atoms with van der Waals surface area (Å²) in [6.07, 6.45) is 1.90. The molecular weight excluding hydrogens is 320 g/mol. The summed E-state index contributed by atoms with van der Waals surface area (Å²) >= 11 is 7.60. The van der Waals surface area contributed by atoms with Gasteiger partial charge in [0.2, 0.25) is 0 Å². The molecule has 1 amide bonds. The van der Waals surface area contributed by atoms with Crippen LogP contribution in [0.1, 0.15) is 23.3 Å². The molecule has 1 aromatic heterocycles. The van der Waals surface area contributed by atoms with Crippen LogP contribution >= 0.6 is 22.9 Å². The molecule has 1 aliphatic rings. The van der Waals surface area contributed by atoms with E-state index >= 15 is 0 Å². The Balaban J connectivity index is 1.79. The lowest BCUT2D eigenvalue weighted by Crippen LogP contribution is -2.41. The SMILES string of the molecule is O=C(c1csc(-c2ccccc2Cl)n1)N1CCCC(CO)C1. The Morgan fingerprint density at radius 3 is 3.05 bits per heavy atom. The van der Waals surface area contributed by atoms with Gasteiger partial charge in [-0.05, 0) is 24.8 Å². The van der Waals surface area contributed by atoms with Crippen LogP contribution in [0.3, 0.4) is 0 Å². The van der Waals surface area contributed by atoms with Crippen LogP contribution in [0.15, 0.2) is 29.6 Å². The molecule has 116 valence electrons. The van der Waals surface area contributed by atoms with Crippen LogP contribution < -0.4 is 0 Å². The molecular formula is C16H17ClN2O2S. The fourth-order valence-corrected chi connectivity index (χ4v) is 3.80. The zero-order chi connectivity index (χ0) is 15.5. The number of carbonyl (C=O) groups excluding carboxylic acids is 1. The number of aliphatic hydroxyl groups excluding tert-OH is 1. The number of carbonyl (C=O) groups is 1. The Morgan fingerprint density at radius 1 is 1.45 bits per heavy atom. The summed E-state index contributed by atoms with van der Waals surface area (Å²) < 4.78 is 0. The third kappa shape index (κ3) is 3.16. The average Bonchev–Trinajstić information content (AvgIpc) is 3.04. The molecule has 1 N–H and O–H groups in total. The normalized spacial score (nSPS) is 18.5. The quantitative estimate of drug-likeness (QED) is 0.935. The van der Waals surface area contributed by atoms with Crippen molar-refractivity contribution in [1.29, 1.82) is 0 Å². The van der Waals surface area contributed by atoms with Gasteiger partial charge in [-0.2, -0.15) is 0 Å². The molecule has 2 heterocycles. The maximum absolute atomic E-state index is 12.5. The molecule has 0 aliphatic carbocycles. The van der Waals surface area contributed by atoms with E-state index in [4.69, 9.17) is 11.6 Å². The summed E-state index contributed by atoms with van der Waals surface area (Å²) in [4.78, 5) is 18.8. The molecule has 0 saturated carbocycles. The maximum Gasteiger partial charge on any atom is 0.273 e. The van der Waals surface area contributed by atoms with Gasteiger partial charge in [0, 0.05) is 30.6 Å². The van der Waals surface area contributed by atoms with Crippen molar-refractivity contribution in [3.63, 3.8) is 0 Å². The van der Waals surface area contributed by atoms with E-state index in [2.05, 4.69) is 4.98 Å². The fourth-order valence-electron chi connectivity index (χ4n) is 2.69. The highest BCUT2D eigenvalue weighted by Crippen LogP contribution is 2.30. The van der Waals surface area contributed by atoms with Gasteiger partial charge in [-0.25, -0.2) is 4.98 Å².